The number of hydrogen-bond acceptors (Lipinski definition) is 3. The summed E-state index contributed by atoms with van der Waals surface area (Å²) in [5, 5.41) is 9.15. The third-order valence-corrected chi connectivity index (χ3v) is 3.81. The van der Waals surface area contributed by atoms with Crippen molar-refractivity contribution in [2.75, 3.05) is 11.4 Å². The zero-order valence-corrected chi connectivity index (χ0v) is 11.6. The van der Waals surface area contributed by atoms with Gasteiger partial charge in [0.25, 0.3) is 0 Å². The average molecular weight is 263 g/mol. The highest BCUT2D eigenvalue weighted by atomic mass is 15.1. The fraction of sp³-hybridized carbons (Fsp3) is 0.294. The molecular formula is C17H17N3. The lowest BCUT2D eigenvalue weighted by molar-refractivity contribution is 0.689. The molecule has 1 aromatic heterocycles. The maximum Gasteiger partial charge on any atom is 0.145 e. The number of aryl methyl sites for hydroxylation is 2. The van der Waals surface area contributed by atoms with Crippen LogP contribution in [0.2, 0.25) is 0 Å². The first kappa shape index (κ1) is 12.7. The molecule has 3 nitrogen and oxygen atoms in total. The predicted molar refractivity (Wildman–Crippen MR) is 79.5 cm³/mol. The summed E-state index contributed by atoms with van der Waals surface area (Å²) in [6, 6.07) is 12.7. The van der Waals surface area contributed by atoms with E-state index >= 15 is 0 Å². The molecule has 0 saturated carbocycles. The Balaban J connectivity index is 1.92. The maximum atomic E-state index is 9.15. The molecule has 3 rings (SSSR count). The quantitative estimate of drug-likeness (QED) is 0.835. The number of hydrogen-bond donors (Lipinski definition) is 0. The van der Waals surface area contributed by atoms with Crippen LogP contribution >= 0.6 is 0 Å². The largest absolute Gasteiger partial charge is 0.367 e. The lowest BCUT2D eigenvalue weighted by Gasteiger charge is -2.31. The highest BCUT2D eigenvalue weighted by Crippen LogP contribution is 2.29. The second-order valence-corrected chi connectivity index (χ2v) is 5.28. The predicted octanol–water partition coefficient (Wildman–Crippen LogP) is 3.21. The fourth-order valence-corrected chi connectivity index (χ4v) is 2.84. The number of aromatic nitrogens is 1. The van der Waals surface area contributed by atoms with Gasteiger partial charge in [-0.1, -0.05) is 23.8 Å². The molecule has 100 valence electrons. The smallest absolute Gasteiger partial charge is 0.145 e. The third-order valence-electron chi connectivity index (χ3n) is 3.81. The van der Waals surface area contributed by atoms with Crippen LogP contribution in [0.3, 0.4) is 0 Å². The van der Waals surface area contributed by atoms with Crippen molar-refractivity contribution in [2.24, 2.45) is 0 Å². The molecule has 0 aliphatic carbocycles. The molecule has 0 atom stereocenters. The number of nitrogens with zero attached hydrogens (tertiary/aromatic N) is 3. The molecule has 0 spiro atoms. The van der Waals surface area contributed by atoms with Crippen molar-refractivity contribution in [3.63, 3.8) is 0 Å². The van der Waals surface area contributed by atoms with Crippen molar-refractivity contribution in [3.05, 3.63) is 58.9 Å². The van der Waals surface area contributed by atoms with E-state index in [-0.39, 0.29) is 0 Å². The zero-order chi connectivity index (χ0) is 13.9. The monoisotopic (exact) mass is 263 g/mol. The summed E-state index contributed by atoms with van der Waals surface area (Å²) in [5.74, 6) is 0. The topological polar surface area (TPSA) is 39.9 Å². The Morgan fingerprint density at radius 2 is 2.25 bits per heavy atom. The zero-order valence-electron chi connectivity index (χ0n) is 11.6. The molecule has 0 saturated heterocycles. The van der Waals surface area contributed by atoms with Crippen LogP contribution in [0.4, 0.5) is 5.69 Å². The number of pyridine rings is 1. The van der Waals surface area contributed by atoms with Crippen LogP contribution in [0.15, 0.2) is 36.5 Å². The van der Waals surface area contributed by atoms with Gasteiger partial charge in [-0.05, 0) is 37.5 Å². The number of fused-ring (bicyclic) bond motifs is 1. The van der Waals surface area contributed by atoms with E-state index in [1.54, 1.807) is 6.20 Å². The van der Waals surface area contributed by atoms with Gasteiger partial charge in [0.05, 0.1) is 0 Å². The molecule has 2 aromatic rings. The van der Waals surface area contributed by atoms with E-state index in [4.69, 9.17) is 5.26 Å². The van der Waals surface area contributed by atoms with E-state index in [1.165, 1.54) is 23.2 Å². The van der Waals surface area contributed by atoms with Gasteiger partial charge >= 0.3 is 0 Å². The summed E-state index contributed by atoms with van der Waals surface area (Å²) in [4.78, 5) is 6.50. The van der Waals surface area contributed by atoms with E-state index in [9.17, 15) is 0 Å². The Labute approximate surface area is 119 Å². The summed E-state index contributed by atoms with van der Waals surface area (Å²) in [5.41, 5.74) is 5.56. The molecule has 3 heteroatoms. The Morgan fingerprint density at radius 1 is 1.35 bits per heavy atom. The second-order valence-electron chi connectivity index (χ2n) is 5.28. The van der Waals surface area contributed by atoms with Gasteiger partial charge in [0.2, 0.25) is 0 Å². The molecule has 1 aromatic carbocycles. The van der Waals surface area contributed by atoms with Crippen molar-refractivity contribution in [1.29, 1.82) is 5.26 Å². The van der Waals surface area contributed by atoms with Gasteiger partial charge in [0.1, 0.15) is 11.8 Å². The van der Waals surface area contributed by atoms with Crippen LogP contribution in [0, 0.1) is 18.3 Å². The summed E-state index contributed by atoms with van der Waals surface area (Å²) in [6.07, 6.45) is 3.99. The number of benzene rings is 1. The normalized spacial score (nSPS) is 13.7. The van der Waals surface area contributed by atoms with Gasteiger partial charge in [-0.3, -0.25) is 0 Å². The van der Waals surface area contributed by atoms with Crippen molar-refractivity contribution in [1.82, 2.24) is 4.98 Å². The molecule has 1 aliphatic rings. The number of rotatable bonds is 2. The highest BCUT2D eigenvalue weighted by molar-refractivity contribution is 5.57. The number of anilines is 1. The molecule has 0 N–H and O–H groups in total. The molecule has 0 radical (unpaired) electrons. The van der Waals surface area contributed by atoms with Crippen LogP contribution in [-0.2, 0) is 13.0 Å². The molecule has 2 heterocycles. The van der Waals surface area contributed by atoms with Crippen LogP contribution < -0.4 is 4.90 Å². The molecule has 1 aliphatic heterocycles. The van der Waals surface area contributed by atoms with E-state index in [0.29, 0.717) is 5.69 Å². The van der Waals surface area contributed by atoms with E-state index in [2.05, 4.69) is 41.1 Å². The Hall–Kier alpha value is -2.34. The summed E-state index contributed by atoms with van der Waals surface area (Å²) < 4.78 is 0. The third kappa shape index (κ3) is 2.37. The first-order chi connectivity index (χ1) is 9.78. The van der Waals surface area contributed by atoms with Gasteiger partial charge < -0.3 is 4.90 Å². The van der Waals surface area contributed by atoms with Crippen LogP contribution in [0.5, 0.6) is 0 Å². The van der Waals surface area contributed by atoms with E-state index in [1.807, 2.05) is 12.1 Å². The van der Waals surface area contributed by atoms with E-state index in [0.717, 1.165) is 25.1 Å². The minimum absolute atomic E-state index is 0.534. The minimum atomic E-state index is 0.534. The maximum absolute atomic E-state index is 9.15. The molecular weight excluding hydrogens is 246 g/mol. The number of nitriles is 1. The van der Waals surface area contributed by atoms with Crippen LogP contribution in [-0.4, -0.2) is 11.5 Å². The Kier molecular flexibility index (Phi) is 3.39. The van der Waals surface area contributed by atoms with Crippen molar-refractivity contribution < 1.29 is 0 Å². The van der Waals surface area contributed by atoms with Crippen molar-refractivity contribution >= 4 is 5.69 Å². The highest BCUT2D eigenvalue weighted by Gasteiger charge is 2.18. The molecule has 0 bridgehead atoms. The van der Waals surface area contributed by atoms with Gasteiger partial charge in [-0.15, -0.1) is 0 Å². The van der Waals surface area contributed by atoms with Gasteiger partial charge in [-0.25, -0.2) is 4.98 Å². The fourth-order valence-electron chi connectivity index (χ4n) is 2.84. The van der Waals surface area contributed by atoms with Gasteiger partial charge in [0, 0.05) is 30.5 Å². The van der Waals surface area contributed by atoms with Gasteiger partial charge in [-0.2, -0.15) is 5.26 Å². The van der Waals surface area contributed by atoms with Crippen molar-refractivity contribution in [2.45, 2.75) is 26.3 Å². The lowest BCUT2D eigenvalue weighted by atomic mass is 9.99. The molecule has 20 heavy (non-hydrogen) atoms. The Bertz CT molecular complexity index is 670. The van der Waals surface area contributed by atoms with Crippen LogP contribution in [0.1, 0.15) is 28.8 Å². The van der Waals surface area contributed by atoms with Crippen LogP contribution in [0.25, 0.3) is 0 Å². The molecule has 0 unspecified atom stereocenters. The SMILES string of the molecule is Cc1ccc2c(c1)CCCN2Cc1cccnc1C#N. The standard InChI is InChI=1S/C17H17N3/c1-13-6-7-17-14(10-13)5-3-9-20(17)12-15-4-2-8-19-16(15)11-18/h2,4,6-8,10H,3,5,9,12H2,1H3. The average Bonchev–Trinajstić information content (AvgIpc) is 2.47. The first-order valence-electron chi connectivity index (χ1n) is 6.96. The Morgan fingerprint density at radius 3 is 3.10 bits per heavy atom. The van der Waals surface area contributed by atoms with E-state index < -0.39 is 0 Å². The second kappa shape index (κ2) is 5.34. The molecule has 0 amide bonds. The van der Waals surface area contributed by atoms with Gasteiger partial charge in [0.15, 0.2) is 0 Å². The molecule has 0 fully saturated rings. The first-order valence-corrected chi connectivity index (χ1v) is 6.96. The lowest BCUT2D eigenvalue weighted by Crippen LogP contribution is -2.29. The van der Waals surface area contributed by atoms with Crippen molar-refractivity contribution in [3.8, 4) is 6.07 Å². The summed E-state index contributed by atoms with van der Waals surface area (Å²) in [6.45, 7) is 3.93. The minimum Gasteiger partial charge on any atom is -0.367 e. The summed E-state index contributed by atoms with van der Waals surface area (Å²) >= 11 is 0. The summed E-state index contributed by atoms with van der Waals surface area (Å²) in [7, 11) is 0.